The smallest absolute Gasteiger partial charge is 0.171 e. The van der Waals surface area contributed by atoms with E-state index in [0.29, 0.717) is 34.6 Å². The molecule has 0 spiro atoms. The highest BCUT2D eigenvalue weighted by Gasteiger charge is 2.40. The van der Waals surface area contributed by atoms with Gasteiger partial charge in [-0.3, -0.25) is 4.90 Å². The molecule has 0 amide bonds. The number of phenols is 1. The van der Waals surface area contributed by atoms with E-state index in [-0.39, 0.29) is 23.2 Å². The molecular weight excluding hydrogens is 364 g/mol. The van der Waals surface area contributed by atoms with Crippen LogP contribution < -0.4 is 19.4 Å². The van der Waals surface area contributed by atoms with Gasteiger partial charge >= 0.3 is 0 Å². The van der Waals surface area contributed by atoms with Crippen molar-refractivity contribution in [2.24, 2.45) is 0 Å². The lowest BCUT2D eigenvalue weighted by Crippen LogP contribution is -2.99. The minimum atomic E-state index is -1.06. The molecule has 2 unspecified atom stereocenters. The molecular formula is C20H24N2O6. The minimum Gasteiger partial charge on any atom is -0.595 e. The molecule has 8 heteroatoms. The number of aromatic hydroxyl groups is 1. The molecule has 4 rings (SSSR count). The van der Waals surface area contributed by atoms with Crippen LogP contribution in [-0.4, -0.2) is 50.1 Å². The van der Waals surface area contributed by atoms with Crippen molar-refractivity contribution in [2.75, 3.05) is 34.9 Å². The molecule has 2 atom stereocenters. The van der Waals surface area contributed by atoms with Gasteiger partial charge in [-0.1, -0.05) is 0 Å². The summed E-state index contributed by atoms with van der Waals surface area (Å²) in [6, 6.07) is 3.37. The van der Waals surface area contributed by atoms with Crippen molar-refractivity contribution in [1.29, 1.82) is 0 Å². The highest BCUT2D eigenvalue weighted by atomic mass is 16.8. The van der Waals surface area contributed by atoms with Crippen molar-refractivity contribution in [1.82, 2.24) is 4.90 Å². The molecule has 28 heavy (non-hydrogen) atoms. The second-order valence-corrected chi connectivity index (χ2v) is 7.14. The molecule has 0 radical (unpaired) electrons. The number of phenolic OH excluding ortho intramolecular Hbond substituents is 1. The number of likely N-dealkylation sites (N-methyl/N-ethyl adjacent to an activating group) is 1. The van der Waals surface area contributed by atoms with E-state index >= 15 is 0 Å². The second-order valence-electron chi connectivity index (χ2n) is 7.14. The minimum absolute atomic E-state index is 0.00282. The Hall–Kier alpha value is -2.52. The largest absolute Gasteiger partial charge is 0.595 e. The fourth-order valence-corrected chi connectivity index (χ4v) is 4.54. The maximum absolute atomic E-state index is 12.0. The van der Waals surface area contributed by atoms with Crippen LogP contribution in [0.25, 0.3) is 11.1 Å². The van der Waals surface area contributed by atoms with Gasteiger partial charge in [0.1, 0.15) is 0 Å². The van der Waals surface area contributed by atoms with Gasteiger partial charge in [0.2, 0.25) is 0 Å². The van der Waals surface area contributed by atoms with Gasteiger partial charge in [0.25, 0.3) is 0 Å². The lowest BCUT2D eigenvalue weighted by molar-refractivity contribution is -0.991. The molecule has 0 saturated carbocycles. The first kappa shape index (κ1) is 18.8. The first-order valence-corrected chi connectivity index (χ1v) is 9.07. The number of rotatable bonds is 4. The normalized spacial score (nSPS) is 18.9. The maximum atomic E-state index is 12.0. The molecule has 1 aliphatic carbocycles. The summed E-state index contributed by atoms with van der Waals surface area (Å²) < 4.78 is 16.5. The number of nitrogens with zero attached hydrogens (tertiary/aromatic N) is 1. The van der Waals surface area contributed by atoms with E-state index in [9.17, 15) is 15.5 Å². The van der Waals surface area contributed by atoms with Gasteiger partial charge in [-0.15, -0.1) is 0 Å². The van der Waals surface area contributed by atoms with Crippen LogP contribution in [0.4, 0.5) is 5.69 Å². The number of ether oxygens (including phenoxy) is 3. The van der Waals surface area contributed by atoms with E-state index in [4.69, 9.17) is 14.2 Å². The van der Waals surface area contributed by atoms with Crippen LogP contribution >= 0.6 is 0 Å². The number of hydrogen-bond acceptors (Lipinski definition) is 7. The molecule has 0 fully saturated rings. The zero-order chi connectivity index (χ0) is 20.2. The molecule has 0 saturated heterocycles. The lowest BCUT2D eigenvalue weighted by Gasteiger charge is -2.41. The number of hydrogen-bond donors (Lipinski definition) is 3. The van der Waals surface area contributed by atoms with Gasteiger partial charge in [-0.05, 0) is 37.1 Å². The molecule has 1 heterocycles. The quantitative estimate of drug-likeness (QED) is 0.540. The standard InChI is InChI=1S/C20H24N2O6/c1-21-6-5-10-7-15(27-3)20(28-4)18-16(10)13(21)8-11-12(22(24)25)9-14(26-2)19(23)17(11)18/h7,9,13,22-24H,5-6,8H2,1-4H3. The molecule has 3 N–H and O–H groups in total. The van der Waals surface area contributed by atoms with E-state index in [1.165, 1.54) is 13.2 Å². The van der Waals surface area contributed by atoms with Gasteiger partial charge in [-0.25, -0.2) is 5.21 Å². The second kappa shape index (κ2) is 6.82. The van der Waals surface area contributed by atoms with Crippen LogP contribution in [0.3, 0.4) is 0 Å². The molecule has 2 aromatic rings. The molecule has 2 aromatic carbocycles. The van der Waals surface area contributed by atoms with Crippen LogP contribution in [0.1, 0.15) is 22.7 Å². The van der Waals surface area contributed by atoms with Crippen molar-refractivity contribution in [3.8, 4) is 34.1 Å². The van der Waals surface area contributed by atoms with Crippen LogP contribution in [0.5, 0.6) is 23.0 Å². The van der Waals surface area contributed by atoms with Gasteiger partial charge in [0, 0.05) is 35.3 Å². The Morgan fingerprint density at radius 3 is 2.43 bits per heavy atom. The van der Waals surface area contributed by atoms with Crippen LogP contribution in [0, 0.1) is 5.21 Å². The Kier molecular flexibility index (Phi) is 4.59. The van der Waals surface area contributed by atoms with Crippen molar-refractivity contribution in [2.45, 2.75) is 18.9 Å². The number of benzene rings is 2. The van der Waals surface area contributed by atoms with E-state index in [0.717, 1.165) is 24.1 Å². The third-order valence-corrected chi connectivity index (χ3v) is 5.86. The third-order valence-electron chi connectivity index (χ3n) is 5.86. The number of nitrogens with one attached hydrogen (secondary N) is 1. The molecule has 0 bridgehead atoms. The number of fused-ring (bicyclic) bond motifs is 2. The average Bonchev–Trinajstić information content (AvgIpc) is 2.69. The Morgan fingerprint density at radius 1 is 1.11 bits per heavy atom. The van der Waals surface area contributed by atoms with Crippen LogP contribution in [0.2, 0.25) is 0 Å². The van der Waals surface area contributed by atoms with Gasteiger partial charge in [-0.2, -0.15) is 5.23 Å². The highest BCUT2D eigenvalue weighted by Crippen LogP contribution is 2.57. The summed E-state index contributed by atoms with van der Waals surface area (Å²) in [5.41, 5.74) is 4.03. The fraction of sp³-hybridized carbons (Fsp3) is 0.400. The zero-order valence-corrected chi connectivity index (χ0v) is 16.3. The van der Waals surface area contributed by atoms with Crippen LogP contribution in [0.15, 0.2) is 12.1 Å². The van der Waals surface area contributed by atoms with Gasteiger partial charge < -0.3 is 24.5 Å². The van der Waals surface area contributed by atoms with Crippen LogP contribution in [-0.2, 0) is 12.8 Å². The Labute approximate surface area is 163 Å². The average molecular weight is 388 g/mol. The van der Waals surface area contributed by atoms with E-state index in [2.05, 4.69) is 4.90 Å². The Balaban J connectivity index is 2.16. The Bertz CT molecular complexity index is 943. The van der Waals surface area contributed by atoms with E-state index in [1.54, 1.807) is 14.2 Å². The predicted octanol–water partition coefficient (Wildman–Crippen LogP) is 1.57. The van der Waals surface area contributed by atoms with Gasteiger partial charge in [0.15, 0.2) is 28.7 Å². The van der Waals surface area contributed by atoms with Crippen molar-refractivity contribution in [3.63, 3.8) is 0 Å². The molecule has 150 valence electrons. The summed E-state index contributed by atoms with van der Waals surface area (Å²) in [7, 11) is 6.56. The van der Waals surface area contributed by atoms with Crippen molar-refractivity contribution < 1.29 is 29.8 Å². The highest BCUT2D eigenvalue weighted by molar-refractivity contribution is 5.90. The van der Waals surface area contributed by atoms with E-state index in [1.807, 2.05) is 13.1 Å². The molecule has 0 aromatic heterocycles. The first-order chi connectivity index (χ1) is 13.4. The van der Waals surface area contributed by atoms with Gasteiger partial charge in [0.05, 0.1) is 21.3 Å². The third kappa shape index (κ3) is 2.53. The predicted molar refractivity (Wildman–Crippen MR) is 102 cm³/mol. The molecule has 1 aliphatic heterocycles. The molecule has 2 aliphatic rings. The zero-order valence-electron chi connectivity index (χ0n) is 16.3. The summed E-state index contributed by atoms with van der Waals surface area (Å²) in [5.74, 6) is 1.09. The summed E-state index contributed by atoms with van der Waals surface area (Å²) in [4.78, 5) is 2.22. The topological polar surface area (TPSA) is 98.9 Å². The summed E-state index contributed by atoms with van der Waals surface area (Å²) in [6.07, 6.45) is 1.32. The first-order valence-electron chi connectivity index (χ1n) is 9.07. The number of quaternary nitrogens is 1. The number of methoxy groups -OCH3 is 3. The van der Waals surface area contributed by atoms with Crippen molar-refractivity contribution >= 4 is 5.69 Å². The summed E-state index contributed by atoms with van der Waals surface area (Å²) in [5, 5.41) is 31.7. The SMILES string of the molecule is COc1cc([NH+]([O-])O)c2c(c1O)-c1c(OC)c(OC)cc3c1C(C2)N(C)CC3. The Morgan fingerprint density at radius 2 is 1.82 bits per heavy atom. The van der Waals surface area contributed by atoms with E-state index < -0.39 is 5.23 Å². The summed E-state index contributed by atoms with van der Waals surface area (Å²) >= 11 is 0. The monoisotopic (exact) mass is 388 g/mol. The van der Waals surface area contributed by atoms with Crippen molar-refractivity contribution in [3.05, 3.63) is 34.0 Å². The molecule has 8 nitrogen and oxygen atoms in total. The fourth-order valence-electron chi connectivity index (χ4n) is 4.54. The maximum Gasteiger partial charge on any atom is 0.171 e. The summed E-state index contributed by atoms with van der Waals surface area (Å²) in [6.45, 7) is 0.854. The lowest BCUT2D eigenvalue weighted by atomic mass is 9.75.